The Morgan fingerprint density at radius 2 is 1.04 bits per heavy atom. The number of anilines is 2. The van der Waals surface area contributed by atoms with Gasteiger partial charge in [-0.1, -0.05) is 0 Å². The highest BCUT2D eigenvalue weighted by Crippen LogP contribution is 2.22. The number of nitrogens with two attached hydrogens (primary N) is 2. The molecule has 0 aliphatic rings. The summed E-state index contributed by atoms with van der Waals surface area (Å²) in [6.45, 7) is 0. The minimum absolute atomic E-state index is 0.104. The van der Waals surface area contributed by atoms with E-state index in [0.29, 0.717) is 0 Å². The summed E-state index contributed by atoms with van der Waals surface area (Å²) in [5.74, 6) is -0.801. The maximum atomic E-state index is 12.4. The van der Waals surface area contributed by atoms with Gasteiger partial charge in [0.25, 0.3) is 20.2 Å². The summed E-state index contributed by atoms with van der Waals surface area (Å²) in [7, 11) is -9.19. The van der Waals surface area contributed by atoms with Crippen LogP contribution < -0.4 is 11.5 Å². The van der Waals surface area contributed by atoms with Crippen molar-refractivity contribution in [1.29, 1.82) is 0 Å². The van der Waals surface area contributed by atoms with Gasteiger partial charge in [0.05, 0.1) is 9.79 Å². The summed E-state index contributed by atoms with van der Waals surface area (Å²) in [6, 6.07) is 5.96. The first kappa shape index (κ1) is 17.9. The van der Waals surface area contributed by atoms with E-state index in [-0.39, 0.29) is 22.5 Å². The van der Waals surface area contributed by atoms with Gasteiger partial charge in [-0.2, -0.15) is 16.8 Å². The quantitative estimate of drug-likeness (QED) is 0.339. The molecule has 0 saturated heterocycles. The molecule has 0 aromatic heterocycles. The Morgan fingerprint density at radius 3 is 1.33 bits per heavy atom. The highest BCUT2D eigenvalue weighted by Gasteiger charge is 2.19. The lowest BCUT2D eigenvalue weighted by Crippen LogP contribution is -2.08. The number of hydrogen-bond acceptors (Lipinski definition) is 7. The van der Waals surface area contributed by atoms with Gasteiger partial charge >= 0.3 is 0 Å². The fourth-order valence-corrected chi connectivity index (χ4v) is 3.09. The monoisotopic (exact) mass is 372 g/mol. The summed E-state index contributed by atoms with van der Waals surface area (Å²) < 4.78 is 62.9. The molecule has 0 aliphatic carbocycles. The summed E-state index contributed by atoms with van der Waals surface area (Å²) in [5, 5.41) is 0. The molecule has 0 aliphatic heterocycles. The van der Waals surface area contributed by atoms with Gasteiger partial charge in [-0.05, 0) is 36.4 Å². The van der Waals surface area contributed by atoms with Crippen molar-refractivity contribution >= 4 is 37.4 Å². The zero-order chi connectivity index (χ0) is 18.3. The van der Waals surface area contributed by atoms with Crippen LogP contribution in [0.1, 0.15) is 15.9 Å². The number of hydrogen-bond donors (Lipinski definition) is 4. The molecule has 0 radical (unpaired) electrons. The van der Waals surface area contributed by atoms with Crippen LogP contribution in [0.25, 0.3) is 0 Å². The van der Waals surface area contributed by atoms with E-state index in [4.69, 9.17) is 20.6 Å². The third-order valence-electron chi connectivity index (χ3n) is 2.98. The molecule has 11 heteroatoms. The van der Waals surface area contributed by atoms with Crippen LogP contribution in [-0.2, 0) is 20.2 Å². The Hall–Kier alpha value is -2.47. The van der Waals surface area contributed by atoms with E-state index in [1.807, 2.05) is 0 Å². The van der Waals surface area contributed by atoms with Gasteiger partial charge in [0.2, 0.25) is 0 Å². The van der Waals surface area contributed by atoms with Crippen molar-refractivity contribution in [2.75, 3.05) is 11.5 Å². The normalized spacial score (nSPS) is 12.1. The Kier molecular flexibility index (Phi) is 4.37. The summed E-state index contributed by atoms with van der Waals surface area (Å²) in [5.41, 5.74) is 10.4. The Balaban J connectivity index is 2.62. The standard InChI is InChI=1S/C13H12N2O7S2/c14-9-1-7(3-11(5-9)23(17,18)19)13(16)8-2-10(15)6-12(4-8)24(20,21)22/h1-6H,14-15H2,(H,17,18,19)(H,20,21,22). The summed E-state index contributed by atoms with van der Waals surface area (Å²) >= 11 is 0. The number of nitrogen functional groups attached to an aromatic ring is 2. The molecule has 0 spiro atoms. The number of ketones is 1. The van der Waals surface area contributed by atoms with E-state index in [1.54, 1.807) is 0 Å². The van der Waals surface area contributed by atoms with Gasteiger partial charge in [-0.25, -0.2) is 0 Å². The molecule has 0 heterocycles. The molecule has 6 N–H and O–H groups in total. The Morgan fingerprint density at radius 1 is 0.708 bits per heavy atom. The van der Waals surface area contributed by atoms with Crippen molar-refractivity contribution in [2.24, 2.45) is 0 Å². The van der Waals surface area contributed by atoms with E-state index >= 15 is 0 Å². The smallest absolute Gasteiger partial charge is 0.294 e. The minimum Gasteiger partial charge on any atom is -0.399 e. The van der Waals surface area contributed by atoms with Crippen molar-refractivity contribution in [1.82, 2.24) is 0 Å². The lowest BCUT2D eigenvalue weighted by atomic mass is 10.0. The van der Waals surface area contributed by atoms with Gasteiger partial charge in [-0.15, -0.1) is 0 Å². The molecule has 0 atom stereocenters. The highest BCUT2D eigenvalue weighted by atomic mass is 32.2. The van der Waals surface area contributed by atoms with E-state index in [0.717, 1.165) is 36.4 Å². The number of carbonyl (C=O) groups excluding carboxylic acids is 1. The zero-order valence-electron chi connectivity index (χ0n) is 11.9. The molecule has 0 unspecified atom stereocenters. The van der Waals surface area contributed by atoms with Crippen molar-refractivity contribution < 1.29 is 30.7 Å². The first-order chi connectivity index (χ1) is 10.9. The van der Waals surface area contributed by atoms with Crippen LogP contribution in [-0.4, -0.2) is 31.7 Å². The maximum absolute atomic E-state index is 12.4. The van der Waals surface area contributed by atoms with Crippen molar-refractivity contribution in [2.45, 2.75) is 9.79 Å². The Bertz CT molecular complexity index is 960. The van der Waals surface area contributed by atoms with Crippen LogP contribution >= 0.6 is 0 Å². The van der Waals surface area contributed by atoms with Crippen LogP contribution in [0, 0.1) is 0 Å². The largest absolute Gasteiger partial charge is 0.399 e. The second kappa shape index (κ2) is 5.87. The van der Waals surface area contributed by atoms with Gasteiger partial charge in [0, 0.05) is 22.5 Å². The van der Waals surface area contributed by atoms with Crippen molar-refractivity contribution in [3.05, 3.63) is 47.5 Å². The molecule has 2 aromatic carbocycles. The number of rotatable bonds is 4. The van der Waals surface area contributed by atoms with Crippen molar-refractivity contribution in [3.8, 4) is 0 Å². The van der Waals surface area contributed by atoms with E-state index in [2.05, 4.69) is 0 Å². The van der Waals surface area contributed by atoms with Crippen LogP contribution in [0.15, 0.2) is 46.2 Å². The van der Waals surface area contributed by atoms with Gasteiger partial charge in [-0.3, -0.25) is 13.9 Å². The molecule has 2 rings (SSSR count). The fourth-order valence-electron chi connectivity index (χ4n) is 1.97. The molecule has 9 nitrogen and oxygen atoms in total. The van der Waals surface area contributed by atoms with Crippen LogP contribution in [0.3, 0.4) is 0 Å². The molecule has 2 aromatic rings. The first-order valence-corrected chi connectivity index (χ1v) is 9.07. The maximum Gasteiger partial charge on any atom is 0.294 e. The van der Waals surface area contributed by atoms with Crippen LogP contribution in [0.2, 0.25) is 0 Å². The topological polar surface area (TPSA) is 178 Å². The lowest BCUT2D eigenvalue weighted by molar-refractivity contribution is 0.103. The molecule has 0 fully saturated rings. The van der Waals surface area contributed by atoms with Gasteiger partial charge < -0.3 is 11.5 Å². The van der Waals surface area contributed by atoms with Gasteiger partial charge in [0.1, 0.15) is 0 Å². The first-order valence-electron chi connectivity index (χ1n) is 6.19. The SMILES string of the molecule is Nc1cc(C(=O)c2cc(N)cc(S(=O)(=O)O)c2)cc(S(=O)(=O)O)c1. The molecule has 0 amide bonds. The molecule has 0 saturated carbocycles. The molecule has 24 heavy (non-hydrogen) atoms. The number of carbonyl (C=O) groups is 1. The molecular weight excluding hydrogens is 360 g/mol. The summed E-state index contributed by atoms with van der Waals surface area (Å²) in [6.07, 6.45) is 0. The molecule has 128 valence electrons. The lowest BCUT2D eigenvalue weighted by Gasteiger charge is -2.07. The van der Waals surface area contributed by atoms with Crippen LogP contribution in [0.4, 0.5) is 11.4 Å². The van der Waals surface area contributed by atoms with Crippen LogP contribution in [0.5, 0.6) is 0 Å². The van der Waals surface area contributed by atoms with E-state index in [1.165, 1.54) is 0 Å². The number of benzene rings is 2. The van der Waals surface area contributed by atoms with E-state index < -0.39 is 35.8 Å². The van der Waals surface area contributed by atoms with E-state index in [9.17, 15) is 21.6 Å². The predicted molar refractivity (Wildman–Crippen MR) is 84.8 cm³/mol. The van der Waals surface area contributed by atoms with Gasteiger partial charge in [0.15, 0.2) is 5.78 Å². The summed E-state index contributed by atoms with van der Waals surface area (Å²) in [4.78, 5) is 11.3. The zero-order valence-corrected chi connectivity index (χ0v) is 13.5. The van der Waals surface area contributed by atoms with Crippen molar-refractivity contribution in [3.63, 3.8) is 0 Å². The molecule has 0 bridgehead atoms. The second-order valence-electron chi connectivity index (χ2n) is 4.86. The predicted octanol–water partition coefficient (Wildman–Crippen LogP) is 0.575. The average molecular weight is 372 g/mol. The highest BCUT2D eigenvalue weighted by molar-refractivity contribution is 7.86. The third-order valence-corrected chi connectivity index (χ3v) is 4.64. The minimum atomic E-state index is -4.60. The average Bonchev–Trinajstić information content (AvgIpc) is 2.43. The Labute approximate surface area is 137 Å². The molecular formula is C13H12N2O7S2. The second-order valence-corrected chi connectivity index (χ2v) is 7.70. The third kappa shape index (κ3) is 3.89. The fraction of sp³-hybridized carbons (Fsp3) is 0.